The minimum absolute atomic E-state index is 0.174. The maximum absolute atomic E-state index is 10.4. The van der Waals surface area contributed by atoms with Crippen LogP contribution in [0.15, 0.2) is 0 Å². The van der Waals surface area contributed by atoms with Crippen LogP contribution < -0.4 is 5.73 Å². The Bertz CT molecular complexity index is 86.1. The number of halogens is 1. The molecular formula is C4H8BrNO2. The summed E-state index contributed by atoms with van der Waals surface area (Å²) in [5.41, 5.74) is 5.10. The Labute approximate surface area is 56.0 Å². The van der Waals surface area contributed by atoms with Gasteiger partial charge in [0.15, 0.2) is 5.78 Å². The van der Waals surface area contributed by atoms with Crippen molar-refractivity contribution in [1.29, 1.82) is 0 Å². The fraction of sp³-hybridized carbons (Fsp3) is 0.750. The maximum atomic E-state index is 10.4. The van der Waals surface area contributed by atoms with Gasteiger partial charge in [0.1, 0.15) is 0 Å². The molecule has 3 nitrogen and oxygen atoms in total. The van der Waals surface area contributed by atoms with Crippen molar-refractivity contribution in [3.05, 3.63) is 0 Å². The van der Waals surface area contributed by atoms with Crippen molar-refractivity contribution in [3.8, 4) is 0 Å². The van der Waals surface area contributed by atoms with Crippen LogP contribution in [-0.4, -0.2) is 28.9 Å². The molecule has 0 aliphatic rings. The first-order chi connectivity index (χ1) is 3.72. The predicted molar refractivity (Wildman–Crippen MR) is 33.9 cm³/mol. The summed E-state index contributed by atoms with van der Waals surface area (Å²) in [6, 6.07) is -0.714. The van der Waals surface area contributed by atoms with Gasteiger partial charge in [-0.3, -0.25) is 4.79 Å². The molecule has 1 unspecified atom stereocenters. The second-order valence-corrected chi connectivity index (χ2v) is 1.95. The number of aliphatic hydroxyl groups is 1. The number of rotatable bonds is 3. The van der Waals surface area contributed by atoms with Gasteiger partial charge in [-0.25, -0.2) is 0 Å². The molecule has 0 aliphatic heterocycles. The standard InChI is InChI=1S/C4H8BrNO2/c5-1-4(8)3(6)2-7/h3,7H,1-2,6H2. The van der Waals surface area contributed by atoms with E-state index in [0.29, 0.717) is 0 Å². The van der Waals surface area contributed by atoms with Crippen molar-refractivity contribution in [2.45, 2.75) is 6.04 Å². The Balaban J connectivity index is 3.46. The molecule has 0 aliphatic carbocycles. The number of ketones is 1. The minimum Gasteiger partial charge on any atom is -0.394 e. The smallest absolute Gasteiger partial charge is 0.162 e. The van der Waals surface area contributed by atoms with Gasteiger partial charge in [0.05, 0.1) is 18.0 Å². The third-order valence-corrected chi connectivity index (χ3v) is 1.29. The third kappa shape index (κ3) is 2.40. The molecule has 3 N–H and O–H groups in total. The highest BCUT2D eigenvalue weighted by Gasteiger charge is 2.08. The molecule has 1 atom stereocenters. The van der Waals surface area contributed by atoms with Crippen LogP contribution in [-0.2, 0) is 4.79 Å². The van der Waals surface area contributed by atoms with E-state index in [9.17, 15) is 4.79 Å². The predicted octanol–water partition coefficient (Wildman–Crippen LogP) is -0.730. The van der Waals surface area contributed by atoms with E-state index in [1.165, 1.54) is 0 Å². The second-order valence-electron chi connectivity index (χ2n) is 1.39. The molecule has 0 heterocycles. The molecule has 0 fully saturated rings. The lowest BCUT2D eigenvalue weighted by Crippen LogP contribution is -2.34. The average molecular weight is 182 g/mol. The zero-order valence-electron chi connectivity index (χ0n) is 4.30. The highest BCUT2D eigenvalue weighted by atomic mass is 79.9. The van der Waals surface area contributed by atoms with E-state index in [1.54, 1.807) is 0 Å². The van der Waals surface area contributed by atoms with Gasteiger partial charge in [-0.2, -0.15) is 0 Å². The van der Waals surface area contributed by atoms with Gasteiger partial charge < -0.3 is 10.8 Å². The quantitative estimate of drug-likeness (QED) is 0.565. The fourth-order valence-corrected chi connectivity index (χ4v) is 0.617. The van der Waals surface area contributed by atoms with Gasteiger partial charge in [-0.05, 0) is 0 Å². The molecule has 0 bridgehead atoms. The molecule has 0 radical (unpaired) electrons. The normalized spacial score (nSPS) is 13.4. The summed E-state index contributed by atoms with van der Waals surface area (Å²) in [5, 5.41) is 8.49. The molecule has 0 aromatic heterocycles. The second kappa shape index (κ2) is 4.00. The summed E-state index contributed by atoms with van der Waals surface area (Å²) < 4.78 is 0. The minimum atomic E-state index is -0.714. The van der Waals surface area contributed by atoms with E-state index in [-0.39, 0.29) is 17.7 Å². The first kappa shape index (κ1) is 8.07. The molecule has 0 rings (SSSR count). The van der Waals surface area contributed by atoms with Crippen molar-refractivity contribution < 1.29 is 9.90 Å². The van der Waals surface area contributed by atoms with Crippen LogP contribution in [0.4, 0.5) is 0 Å². The summed E-state index contributed by atoms with van der Waals surface area (Å²) in [6.07, 6.45) is 0. The molecule has 0 aromatic carbocycles. The summed E-state index contributed by atoms with van der Waals surface area (Å²) in [6.45, 7) is -0.273. The zero-order valence-corrected chi connectivity index (χ0v) is 5.89. The van der Waals surface area contributed by atoms with Crippen molar-refractivity contribution in [2.24, 2.45) is 5.73 Å². The summed E-state index contributed by atoms with van der Waals surface area (Å²) >= 11 is 2.92. The lowest BCUT2D eigenvalue weighted by atomic mass is 10.2. The van der Waals surface area contributed by atoms with Crippen molar-refractivity contribution in [3.63, 3.8) is 0 Å². The van der Waals surface area contributed by atoms with E-state index in [4.69, 9.17) is 10.8 Å². The van der Waals surface area contributed by atoms with Gasteiger partial charge in [0.2, 0.25) is 0 Å². The number of Topliss-reactive ketones (excluding diaryl/α,β-unsaturated/α-hetero) is 1. The third-order valence-electron chi connectivity index (χ3n) is 0.742. The molecular weight excluding hydrogens is 174 g/mol. The van der Waals surface area contributed by atoms with Crippen molar-refractivity contribution in [1.82, 2.24) is 0 Å². The topological polar surface area (TPSA) is 63.3 Å². The number of hydrogen-bond acceptors (Lipinski definition) is 3. The number of nitrogens with two attached hydrogens (primary N) is 1. The number of carbonyl (C=O) groups is 1. The van der Waals surface area contributed by atoms with Gasteiger partial charge in [0, 0.05) is 0 Å². The molecule has 0 spiro atoms. The van der Waals surface area contributed by atoms with Crippen LogP contribution in [0.2, 0.25) is 0 Å². The van der Waals surface area contributed by atoms with Gasteiger partial charge in [-0.1, -0.05) is 15.9 Å². The molecule has 8 heavy (non-hydrogen) atoms. The molecule has 0 aromatic rings. The van der Waals surface area contributed by atoms with Crippen LogP contribution >= 0.6 is 15.9 Å². The van der Waals surface area contributed by atoms with Crippen LogP contribution in [0.1, 0.15) is 0 Å². The SMILES string of the molecule is NC(CO)C(=O)CBr. The van der Waals surface area contributed by atoms with Crippen LogP contribution in [0, 0.1) is 0 Å². The first-order valence-electron chi connectivity index (χ1n) is 2.17. The Hall–Kier alpha value is 0.0700. The lowest BCUT2D eigenvalue weighted by Gasteiger charge is -2.01. The molecule has 48 valence electrons. The van der Waals surface area contributed by atoms with E-state index in [1.807, 2.05) is 0 Å². The number of alkyl halides is 1. The van der Waals surface area contributed by atoms with E-state index in [2.05, 4.69) is 15.9 Å². The number of aliphatic hydroxyl groups excluding tert-OH is 1. The summed E-state index contributed by atoms with van der Waals surface area (Å²) in [5.74, 6) is -0.174. The first-order valence-corrected chi connectivity index (χ1v) is 3.29. The maximum Gasteiger partial charge on any atom is 0.162 e. The number of hydrogen-bond donors (Lipinski definition) is 2. The number of carbonyl (C=O) groups excluding carboxylic acids is 1. The Morgan fingerprint density at radius 2 is 2.38 bits per heavy atom. The van der Waals surface area contributed by atoms with E-state index >= 15 is 0 Å². The molecule has 0 amide bonds. The van der Waals surface area contributed by atoms with Gasteiger partial charge >= 0.3 is 0 Å². The molecule has 0 saturated carbocycles. The van der Waals surface area contributed by atoms with Gasteiger partial charge in [0.25, 0.3) is 0 Å². The Kier molecular flexibility index (Phi) is 4.03. The zero-order chi connectivity index (χ0) is 6.57. The van der Waals surface area contributed by atoms with Crippen molar-refractivity contribution in [2.75, 3.05) is 11.9 Å². The monoisotopic (exact) mass is 181 g/mol. The van der Waals surface area contributed by atoms with Crippen LogP contribution in [0.25, 0.3) is 0 Å². The summed E-state index contributed by atoms with van der Waals surface area (Å²) in [4.78, 5) is 10.4. The Morgan fingerprint density at radius 3 is 2.50 bits per heavy atom. The van der Waals surface area contributed by atoms with Crippen molar-refractivity contribution >= 4 is 21.7 Å². The highest BCUT2D eigenvalue weighted by Crippen LogP contribution is 1.85. The average Bonchev–Trinajstić information content (AvgIpc) is 1.84. The molecule has 0 saturated heterocycles. The summed E-state index contributed by atoms with van der Waals surface area (Å²) in [7, 11) is 0. The van der Waals surface area contributed by atoms with Crippen LogP contribution in [0.5, 0.6) is 0 Å². The largest absolute Gasteiger partial charge is 0.394 e. The Morgan fingerprint density at radius 1 is 1.88 bits per heavy atom. The van der Waals surface area contributed by atoms with E-state index < -0.39 is 6.04 Å². The highest BCUT2D eigenvalue weighted by molar-refractivity contribution is 9.09. The van der Waals surface area contributed by atoms with Gasteiger partial charge in [-0.15, -0.1) is 0 Å². The van der Waals surface area contributed by atoms with E-state index in [0.717, 1.165) is 0 Å². The fourth-order valence-electron chi connectivity index (χ4n) is 0.201. The molecule has 4 heteroatoms. The van der Waals surface area contributed by atoms with Crippen LogP contribution in [0.3, 0.4) is 0 Å². The lowest BCUT2D eigenvalue weighted by molar-refractivity contribution is -0.118.